The molecule has 0 aliphatic heterocycles. The van der Waals surface area contributed by atoms with Crippen LogP contribution in [0.4, 0.5) is 0 Å². The highest BCUT2D eigenvalue weighted by Crippen LogP contribution is 2.34. The van der Waals surface area contributed by atoms with E-state index < -0.39 is 5.41 Å². The van der Waals surface area contributed by atoms with Gasteiger partial charge in [-0.3, -0.25) is 4.79 Å². The molecule has 1 N–H and O–H groups in total. The summed E-state index contributed by atoms with van der Waals surface area (Å²) < 4.78 is 4.87. The number of hydrogen-bond donors (Lipinski definition) is 1. The molecular weight excluding hydrogens is 256 g/mol. The summed E-state index contributed by atoms with van der Waals surface area (Å²) in [4.78, 5) is 16.4. The molecule has 0 radical (unpaired) electrons. The zero-order chi connectivity index (χ0) is 14.4. The third-order valence-corrected chi connectivity index (χ3v) is 3.81. The normalized spacial score (nSPS) is 18.0. The summed E-state index contributed by atoms with van der Waals surface area (Å²) in [5.74, 6) is 0.945. The van der Waals surface area contributed by atoms with Gasteiger partial charge < -0.3 is 9.84 Å². The van der Waals surface area contributed by atoms with E-state index in [1.54, 1.807) is 6.92 Å². The van der Waals surface area contributed by atoms with Crippen molar-refractivity contribution in [3.8, 4) is 6.07 Å². The first kappa shape index (κ1) is 14.5. The predicted molar refractivity (Wildman–Crippen MR) is 71.5 cm³/mol. The summed E-state index contributed by atoms with van der Waals surface area (Å²) in [5, 5.41) is 16.0. The van der Waals surface area contributed by atoms with Crippen molar-refractivity contribution in [1.82, 2.24) is 15.5 Å². The van der Waals surface area contributed by atoms with Gasteiger partial charge in [-0.2, -0.15) is 10.2 Å². The van der Waals surface area contributed by atoms with Crippen LogP contribution in [-0.2, 0) is 11.2 Å². The lowest BCUT2D eigenvalue weighted by atomic mass is 9.81. The van der Waals surface area contributed by atoms with Gasteiger partial charge in [-0.05, 0) is 12.8 Å². The fourth-order valence-electron chi connectivity index (χ4n) is 2.62. The standard InChI is InChI=1S/C14H20N4O2/c1-11-17-12(18-20-11)6-9-16-13(19)14(10-15)7-4-2-3-5-8-14/h2-9H2,1H3,(H,16,19). The number of nitrogens with one attached hydrogen (secondary N) is 1. The van der Waals surface area contributed by atoms with Crippen molar-refractivity contribution in [3.05, 3.63) is 11.7 Å². The second-order valence-electron chi connectivity index (χ2n) is 5.34. The maximum Gasteiger partial charge on any atom is 0.240 e. The summed E-state index contributed by atoms with van der Waals surface area (Å²) in [5.41, 5.74) is -0.844. The summed E-state index contributed by atoms with van der Waals surface area (Å²) in [6.07, 6.45) is 5.96. The number of rotatable bonds is 4. The molecule has 1 aliphatic carbocycles. The Balaban J connectivity index is 1.87. The number of aryl methyl sites for hydroxylation is 1. The van der Waals surface area contributed by atoms with Crippen LogP contribution in [0.3, 0.4) is 0 Å². The van der Waals surface area contributed by atoms with Gasteiger partial charge in [0.2, 0.25) is 11.8 Å². The molecule has 1 heterocycles. The third-order valence-electron chi connectivity index (χ3n) is 3.81. The van der Waals surface area contributed by atoms with E-state index in [2.05, 4.69) is 21.5 Å². The van der Waals surface area contributed by atoms with Gasteiger partial charge in [-0.1, -0.05) is 30.8 Å². The van der Waals surface area contributed by atoms with Gasteiger partial charge in [0.25, 0.3) is 0 Å². The van der Waals surface area contributed by atoms with Crippen LogP contribution < -0.4 is 5.32 Å². The Morgan fingerprint density at radius 2 is 2.10 bits per heavy atom. The third kappa shape index (κ3) is 3.35. The summed E-state index contributed by atoms with van der Waals surface area (Å²) in [6, 6.07) is 2.25. The van der Waals surface area contributed by atoms with Gasteiger partial charge in [-0.15, -0.1) is 0 Å². The van der Waals surface area contributed by atoms with Crippen molar-refractivity contribution in [1.29, 1.82) is 5.26 Å². The SMILES string of the molecule is Cc1nc(CCNC(=O)C2(C#N)CCCCCC2)no1. The fraction of sp³-hybridized carbons (Fsp3) is 0.714. The largest absolute Gasteiger partial charge is 0.354 e. The van der Waals surface area contributed by atoms with Crippen molar-refractivity contribution in [2.24, 2.45) is 5.41 Å². The number of aromatic nitrogens is 2. The molecule has 1 fully saturated rings. The first-order chi connectivity index (χ1) is 9.66. The number of amides is 1. The first-order valence-corrected chi connectivity index (χ1v) is 7.15. The minimum atomic E-state index is -0.844. The maximum absolute atomic E-state index is 12.3. The molecule has 6 nitrogen and oxygen atoms in total. The fourth-order valence-corrected chi connectivity index (χ4v) is 2.62. The zero-order valence-corrected chi connectivity index (χ0v) is 11.8. The summed E-state index contributed by atoms with van der Waals surface area (Å²) in [6.45, 7) is 2.16. The van der Waals surface area contributed by atoms with E-state index in [0.29, 0.717) is 37.5 Å². The molecule has 0 atom stereocenters. The highest BCUT2D eigenvalue weighted by atomic mass is 16.5. The van der Waals surface area contributed by atoms with Crippen molar-refractivity contribution in [3.63, 3.8) is 0 Å². The molecule has 1 amide bonds. The molecule has 0 bridgehead atoms. The number of carbonyl (C=O) groups excluding carboxylic acids is 1. The minimum absolute atomic E-state index is 0.151. The topological polar surface area (TPSA) is 91.8 Å². The van der Waals surface area contributed by atoms with Gasteiger partial charge in [0.1, 0.15) is 5.41 Å². The molecule has 1 aliphatic rings. The zero-order valence-electron chi connectivity index (χ0n) is 11.8. The Morgan fingerprint density at radius 1 is 1.40 bits per heavy atom. The smallest absolute Gasteiger partial charge is 0.240 e. The van der Waals surface area contributed by atoms with Crippen LogP contribution in [0.15, 0.2) is 4.52 Å². The van der Waals surface area contributed by atoms with E-state index in [4.69, 9.17) is 4.52 Å². The highest BCUT2D eigenvalue weighted by Gasteiger charge is 2.38. The molecule has 20 heavy (non-hydrogen) atoms. The van der Waals surface area contributed by atoms with Crippen LogP contribution in [0.1, 0.15) is 50.2 Å². The molecule has 0 saturated heterocycles. The van der Waals surface area contributed by atoms with Gasteiger partial charge in [0.15, 0.2) is 5.82 Å². The predicted octanol–water partition coefficient (Wildman–Crippen LogP) is 1.90. The lowest BCUT2D eigenvalue weighted by molar-refractivity contribution is -0.128. The van der Waals surface area contributed by atoms with E-state index >= 15 is 0 Å². The lowest BCUT2D eigenvalue weighted by Gasteiger charge is -2.23. The Bertz CT molecular complexity index is 496. The molecule has 108 valence electrons. The van der Waals surface area contributed by atoms with Crippen LogP contribution in [-0.4, -0.2) is 22.6 Å². The van der Waals surface area contributed by atoms with Crippen molar-refractivity contribution in [2.75, 3.05) is 6.54 Å². The van der Waals surface area contributed by atoms with E-state index in [0.717, 1.165) is 25.7 Å². The van der Waals surface area contributed by atoms with Gasteiger partial charge >= 0.3 is 0 Å². The molecule has 1 aromatic heterocycles. The van der Waals surface area contributed by atoms with Gasteiger partial charge in [0.05, 0.1) is 6.07 Å². The van der Waals surface area contributed by atoms with Crippen molar-refractivity contribution in [2.45, 2.75) is 51.9 Å². The van der Waals surface area contributed by atoms with Crippen LogP contribution in [0.2, 0.25) is 0 Å². The Morgan fingerprint density at radius 3 is 2.65 bits per heavy atom. The lowest BCUT2D eigenvalue weighted by Crippen LogP contribution is -2.40. The number of nitrogens with zero attached hydrogens (tertiary/aromatic N) is 3. The Kier molecular flexibility index (Phi) is 4.72. The summed E-state index contributed by atoms with van der Waals surface area (Å²) in [7, 11) is 0. The van der Waals surface area contributed by atoms with E-state index in [1.807, 2.05) is 0 Å². The molecule has 6 heteroatoms. The monoisotopic (exact) mass is 276 g/mol. The molecule has 1 saturated carbocycles. The highest BCUT2D eigenvalue weighted by molar-refractivity contribution is 5.85. The molecule has 0 spiro atoms. The van der Waals surface area contributed by atoms with E-state index in [-0.39, 0.29) is 5.91 Å². The van der Waals surface area contributed by atoms with E-state index in [9.17, 15) is 10.1 Å². The number of nitriles is 1. The van der Waals surface area contributed by atoms with Crippen molar-refractivity contribution < 1.29 is 9.32 Å². The first-order valence-electron chi connectivity index (χ1n) is 7.15. The Hall–Kier alpha value is -1.90. The average Bonchev–Trinajstić information content (AvgIpc) is 2.73. The second kappa shape index (κ2) is 6.51. The van der Waals surface area contributed by atoms with Gasteiger partial charge in [-0.25, -0.2) is 0 Å². The summed E-state index contributed by atoms with van der Waals surface area (Å²) >= 11 is 0. The van der Waals surface area contributed by atoms with Crippen LogP contribution >= 0.6 is 0 Å². The molecule has 0 unspecified atom stereocenters. The number of hydrogen-bond acceptors (Lipinski definition) is 5. The van der Waals surface area contributed by atoms with Crippen molar-refractivity contribution >= 4 is 5.91 Å². The number of carbonyl (C=O) groups is 1. The van der Waals surface area contributed by atoms with Crippen LogP contribution in [0, 0.1) is 23.7 Å². The molecule has 0 aromatic carbocycles. The van der Waals surface area contributed by atoms with Crippen LogP contribution in [0.5, 0.6) is 0 Å². The second-order valence-corrected chi connectivity index (χ2v) is 5.34. The molecule has 2 rings (SSSR count). The quantitative estimate of drug-likeness (QED) is 0.848. The molecule has 1 aromatic rings. The average molecular weight is 276 g/mol. The maximum atomic E-state index is 12.3. The van der Waals surface area contributed by atoms with Crippen LogP contribution in [0.25, 0.3) is 0 Å². The Labute approximate surface area is 118 Å². The molecular formula is C14H20N4O2. The van der Waals surface area contributed by atoms with Gasteiger partial charge in [0, 0.05) is 19.9 Å². The van der Waals surface area contributed by atoms with E-state index in [1.165, 1.54) is 0 Å². The minimum Gasteiger partial charge on any atom is -0.354 e.